The lowest BCUT2D eigenvalue weighted by Crippen LogP contribution is -2.52. The molecule has 2 amide bonds. The average molecular weight is 524 g/mol. The van der Waals surface area contributed by atoms with Crippen molar-refractivity contribution in [1.29, 1.82) is 0 Å². The molecule has 2 aromatic carbocycles. The van der Waals surface area contributed by atoms with Crippen LogP contribution in [0.3, 0.4) is 0 Å². The largest absolute Gasteiger partial charge is 0.352 e. The van der Waals surface area contributed by atoms with Crippen LogP contribution in [0.4, 0.5) is 5.69 Å². The monoisotopic (exact) mass is 523 g/mol. The van der Waals surface area contributed by atoms with Crippen LogP contribution in [0.5, 0.6) is 0 Å². The first-order valence-corrected chi connectivity index (χ1v) is 12.9. The summed E-state index contributed by atoms with van der Waals surface area (Å²) in [5.41, 5.74) is 2.19. The van der Waals surface area contributed by atoms with E-state index in [9.17, 15) is 18.0 Å². The van der Waals surface area contributed by atoms with E-state index in [-0.39, 0.29) is 18.5 Å². The minimum Gasteiger partial charge on any atom is -0.352 e. The molecule has 0 heterocycles. The fourth-order valence-corrected chi connectivity index (χ4v) is 4.44. The number of carbonyl (C=O) groups excluding carboxylic acids is 2. The lowest BCUT2D eigenvalue weighted by Gasteiger charge is -2.32. The predicted molar refractivity (Wildman–Crippen MR) is 131 cm³/mol. The normalized spacial score (nSPS) is 12.3. The van der Waals surface area contributed by atoms with E-state index >= 15 is 0 Å². The second kappa shape index (κ2) is 11.0. The molecule has 1 atom stereocenters. The summed E-state index contributed by atoms with van der Waals surface area (Å²) < 4.78 is 26.9. The van der Waals surface area contributed by atoms with Gasteiger partial charge < -0.3 is 10.2 Å². The van der Waals surface area contributed by atoms with Gasteiger partial charge in [-0.15, -0.1) is 0 Å². The van der Waals surface area contributed by atoms with Gasteiger partial charge in [-0.3, -0.25) is 13.9 Å². The van der Waals surface area contributed by atoms with Gasteiger partial charge in [-0.05, 0) is 57.5 Å². The predicted octanol–water partition coefficient (Wildman–Crippen LogP) is 3.47. The third kappa shape index (κ3) is 7.34. The number of aryl methyl sites for hydroxylation is 1. The second-order valence-corrected chi connectivity index (χ2v) is 10.9. The molecule has 0 aliphatic carbocycles. The highest BCUT2D eigenvalue weighted by Crippen LogP contribution is 2.20. The summed E-state index contributed by atoms with van der Waals surface area (Å²) in [7, 11) is -3.73. The van der Waals surface area contributed by atoms with Crippen molar-refractivity contribution in [3.05, 3.63) is 64.1 Å². The van der Waals surface area contributed by atoms with Crippen molar-refractivity contribution in [3.63, 3.8) is 0 Å². The molecule has 1 unspecified atom stereocenters. The molecule has 1 N–H and O–H groups in total. The second-order valence-electron chi connectivity index (χ2n) is 8.10. The molecule has 0 bridgehead atoms. The Balaban J connectivity index is 2.38. The average Bonchev–Trinajstić information content (AvgIpc) is 2.69. The molecule has 0 saturated heterocycles. The standard InChI is InChI=1S/C23H30BrN3O4S/c1-16(2)25-23(29)18(4)26(14-19-7-6-8-20(24)13-19)22(28)15-27(32(5,30)31)21-11-9-17(3)10-12-21/h6-13,16,18H,14-15H2,1-5H3,(H,25,29). The molecule has 9 heteroatoms. The summed E-state index contributed by atoms with van der Waals surface area (Å²) in [5, 5.41) is 2.82. The van der Waals surface area contributed by atoms with Crippen molar-refractivity contribution < 1.29 is 18.0 Å². The Bertz CT molecular complexity index is 1060. The molecule has 0 saturated carbocycles. The van der Waals surface area contributed by atoms with Crippen LogP contribution in [0.25, 0.3) is 0 Å². The van der Waals surface area contributed by atoms with Gasteiger partial charge in [-0.1, -0.05) is 45.8 Å². The van der Waals surface area contributed by atoms with Gasteiger partial charge >= 0.3 is 0 Å². The molecule has 0 aliphatic heterocycles. The molecule has 0 radical (unpaired) electrons. The van der Waals surface area contributed by atoms with Crippen LogP contribution in [0.15, 0.2) is 53.0 Å². The number of benzene rings is 2. The van der Waals surface area contributed by atoms with Gasteiger partial charge in [0.25, 0.3) is 0 Å². The zero-order valence-electron chi connectivity index (χ0n) is 19.0. The van der Waals surface area contributed by atoms with Crippen LogP contribution in [0.2, 0.25) is 0 Å². The number of hydrogen-bond donors (Lipinski definition) is 1. The van der Waals surface area contributed by atoms with Crippen molar-refractivity contribution in [2.24, 2.45) is 0 Å². The van der Waals surface area contributed by atoms with E-state index in [2.05, 4.69) is 21.2 Å². The van der Waals surface area contributed by atoms with Crippen molar-refractivity contribution in [1.82, 2.24) is 10.2 Å². The number of halogens is 1. The molecular formula is C23H30BrN3O4S. The van der Waals surface area contributed by atoms with Gasteiger partial charge in [-0.25, -0.2) is 8.42 Å². The Morgan fingerprint density at radius 1 is 1.06 bits per heavy atom. The molecule has 0 aromatic heterocycles. The minimum atomic E-state index is -3.73. The Morgan fingerprint density at radius 3 is 2.22 bits per heavy atom. The number of nitrogens with one attached hydrogen (secondary N) is 1. The van der Waals surface area contributed by atoms with E-state index in [0.29, 0.717) is 5.69 Å². The molecule has 2 aromatic rings. The van der Waals surface area contributed by atoms with Gasteiger partial charge in [0.1, 0.15) is 12.6 Å². The van der Waals surface area contributed by atoms with Gasteiger partial charge in [0, 0.05) is 17.1 Å². The third-order valence-electron chi connectivity index (χ3n) is 4.84. The summed E-state index contributed by atoms with van der Waals surface area (Å²) in [5.74, 6) is -0.771. The van der Waals surface area contributed by atoms with E-state index in [1.54, 1.807) is 31.2 Å². The van der Waals surface area contributed by atoms with Crippen molar-refractivity contribution in [2.45, 2.75) is 46.3 Å². The maximum Gasteiger partial charge on any atom is 0.244 e. The Morgan fingerprint density at radius 2 is 1.69 bits per heavy atom. The molecular weight excluding hydrogens is 494 g/mol. The molecule has 2 rings (SSSR count). The highest BCUT2D eigenvalue weighted by molar-refractivity contribution is 9.10. The van der Waals surface area contributed by atoms with E-state index in [1.807, 2.05) is 45.0 Å². The van der Waals surface area contributed by atoms with Crippen LogP contribution in [0.1, 0.15) is 31.9 Å². The number of hydrogen-bond acceptors (Lipinski definition) is 4. The van der Waals surface area contributed by atoms with Crippen molar-refractivity contribution >= 4 is 43.5 Å². The summed E-state index contributed by atoms with van der Waals surface area (Å²) in [6.07, 6.45) is 1.06. The lowest BCUT2D eigenvalue weighted by molar-refractivity contribution is -0.139. The number of nitrogens with zero attached hydrogens (tertiary/aromatic N) is 2. The SMILES string of the molecule is Cc1ccc(N(CC(=O)N(Cc2cccc(Br)c2)C(C)C(=O)NC(C)C)S(C)(=O)=O)cc1. The molecule has 0 fully saturated rings. The van der Waals surface area contributed by atoms with Gasteiger partial charge in [0.05, 0.1) is 11.9 Å². The highest BCUT2D eigenvalue weighted by Gasteiger charge is 2.30. The zero-order valence-corrected chi connectivity index (χ0v) is 21.4. The first-order chi connectivity index (χ1) is 14.9. The maximum absolute atomic E-state index is 13.4. The summed E-state index contributed by atoms with van der Waals surface area (Å²) in [6, 6.07) is 13.5. The first kappa shape index (κ1) is 25.9. The van der Waals surface area contributed by atoms with Gasteiger partial charge in [0.15, 0.2) is 0 Å². The molecule has 7 nitrogen and oxygen atoms in total. The number of sulfonamides is 1. The Hall–Kier alpha value is -2.39. The number of anilines is 1. The smallest absolute Gasteiger partial charge is 0.244 e. The topological polar surface area (TPSA) is 86.8 Å². The lowest BCUT2D eigenvalue weighted by atomic mass is 10.1. The summed E-state index contributed by atoms with van der Waals surface area (Å²) in [6.45, 7) is 6.98. The fourth-order valence-electron chi connectivity index (χ4n) is 3.14. The molecule has 0 spiro atoms. The van der Waals surface area contributed by atoms with E-state index in [0.717, 1.165) is 26.2 Å². The van der Waals surface area contributed by atoms with Crippen molar-refractivity contribution in [3.8, 4) is 0 Å². The number of rotatable bonds is 9. The van der Waals surface area contributed by atoms with Crippen molar-refractivity contribution in [2.75, 3.05) is 17.1 Å². The van der Waals surface area contributed by atoms with Crippen LogP contribution in [-0.2, 0) is 26.2 Å². The van der Waals surface area contributed by atoms with Crippen LogP contribution in [0, 0.1) is 6.92 Å². The Kier molecular flexibility index (Phi) is 8.86. The quantitative estimate of drug-likeness (QED) is 0.545. The van der Waals surface area contributed by atoms with E-state index in [4.69, 9.17) is 0 Å². The number of amides is 2. The molecule has 0 aliphatic rings. The van der Waals surface area contributed by atoms with Gasteiger partial charge in [-0.2, -0.15) is 0 Å². The number of carbonyl (C=O) groups is 2. The van der Waals surface area contributed by atoms with E-state index in [1.165, 1.54) is 4.90 Å². The van der Waals surface area contributed by atoms with Crippen LogP contribution >= 0.6 is 15.9 Å². The molecule has 174 valence electrons. The van der Waals surface area contributed by atoms with Crippen LogP contribution < -0.4 is 9.62 Å². The fraction of sp³-hybridized carbons (Fsp3) is 0.391. The van der Waals surface area contributed by atoms with Crippen LogP contribution in [-0.4, -0.2) is 50.0 Å². The first-order valence-electron chi connectivity index (χ1n) is 10.3. The molecule has 32 heavy (non-hydrogen) atoms. The Labute approximate surface area is 199 Å². The van der Waals surface area contributed by atoms with E-state index < -0.39 is 28.5 Å². The minimum absolute atomic E-state index is 0.0900. The van der Waals surface area contributed by atoms with Gasteiger partial charge in [0.2, 0.25) is 21.8 Å². The maximum atomic E-state index is 13.4. The third-order valence-corrected chi connectivity index (χ3v) is 6.48. The summed E-state index contributed by atoms with van der Waals surface area (Å²) >= 11 is 3.42. The summed E-state index contributed by atoms with van der Waals surface area (Å²) in [4.78, 5) is 27.5. The highest BCUT2D eigenvalue weighted by atomic mass is 79.9. The zero-order chi connectivity index (χ0) is 24.1.